The van der Waals surface area contributed by atoms with Crippen LogP contribution in [-0.4, -0.2) is 111 Å². The van der Waals surface area contributed by atoms with Crippen LogP contribution in [0.3, 0.4) is 0 Å². The van der Waals surface area contributed by atoms with Gasteiger partial charge in [0.05, 0.1) is 53.7 Å². The number of hydrogen-bond donors (Lipinski definition) is 5. The Morgan fingerprint density at radius 3 is 2.14 bits per heavy atom. The van der Waals surface area contributed by atoms with Gasteiger partial charge in [-0.25, -0.2) is 13.6 Å². The second kappa shape index (κ2) is 20.4. The Bertz CT molecular complexity index is 1690. The van der Waals surface area contributed by atoms with Gasteiger partial charge in [-0.05, 0) is 108 Å². The summed E-state index contributed by atoms with van der Waals surface area (Å²) in [5, 5.41) is 39.0. The Morgan fingerprint density at radius 1 is 0.846 bits per heavy atom. The summed E-state index contributed by atoms with van der Waals surface area (Å²) in [6.07, 6.45) is 6.12. The second-order valence-electron chi connectivity index (χ2n) is 21.6. The Kier molecular flexibility index (Phi) is 16.3. The summed E-state index contributed by atoms with van der Waals surface area (Å²) in [5.74, 6) is -9.15. The molecule has 5 heterocycles. The lowest BCUT2D eigenvalue weighted by molar-refractivity contribution is -0.397. The number of carbonyl (C=O) groups is 3. The maximum absolute atomic E-state index is 14.7. The number of carboxylic acid groups (broad SMARTS) is 1. The second-order valence-corrected chi connectivity index (χ2v) is 21.6. The maximum Gasteiger partial charge on any atom is 0.315 e. The molecule has 6 aliphatic rings. The van der Waals surface area contributed by atoms with Gasteiger partial charge in [0.1, 0.15) is 11.8 Å². The number of aliphatic carboxylic acids is 1. The van der Waals surface area contributed by atoms with Gasteiger partial charge in [-0.1, -0.05) is 61.5 Å². The van der Waals surface area contributed by atoms with E-state index >= 15 is 0 Å². The monoisotopic (exact) mass is 925 g/mol. The lowest BCUT2D eigenvalue weighted by atomic mass is 9.72. The molecule has 18 atom stereocenters. The number of aliphatic hydroxyl groups is 2. The van der Waals surface area contributed by atoms with Crippen LogP contribution in [0.4, 0.5) is 13.6 Å². The third-order valence-corrected chi connectivity index (χ3v) is 17.2. The third kappa shape index (κ3) is 10.8. The quantitative estimate of drug-likeness (QED) is 0.0997. The lowest BCUT2D eigenvalue weighted by Gasteiger charge is -2.55. The summed E-state index contributed by atoms with van der Waals surface area (Å²) in [5.41, 5.74) is -1.81. The molecule has 13 nitrogen and oxygen atoms in total. The van der Waals surface area contributed by atoms with Crippen molar-refractivity contribution >= 4 is 17.8 Å². The first-order valence-corrected chi connectivity index (χ1v) is 25.1. The van der Waals surface area contributed by atoms with Crippen LogP contribution in [0.1, 0.15) is 159 Å². The number of carbonyl (C=O) groups excluding carboxylic acids is 2. The molecule has 0 aromatic carbocycles. The largest absolute Gasteiger partial charge is 0.481 e. The summed E-state index contributed by atoms with van der Waals surface area (Å²) in [6, 6.07) is -1.25. The van der Waals surface area contributed by atoms with Crippen LogP contribution >= 0.6 is 0 Å². The molecule has 15 heteroatoms. The van der Waals surface area contributed by atoms with Crippen LogP contribution in [0.25, 0.3) is 0 Å². The molecule has 0 aromatic rings. The van der Waals surface area contributed by atoms with Gasteiger partial charge in [-0.2, -0.15) is 0 Å². The van der Waals surface area contributed by atoms with Crippen molar-refractivity contribution in [2.75, 3.05) is 6.54 Å². The molecule has 372 valence electrons. The fraction of sp³-hybridized carbons (Fsp3) is 0.900. The number of aliphatic hydroxyl groups excluding tert-OH is 1. The fourth-order valence-corrected chi connectivity index (χ4v) is 12.4. The number of amides is 2. The number of hydrogen-bond acceptors (Lipinski definition) is 10. The fourth-order valence-electron chi connectivity index (χ4n) is 12.4. The van der Waals surface area contributed by atoms with E-state index in [1.807, 2.05) is 60.6 Å². The topological polar surface area (TPSA) is 182 Å². The van der Waals surface area contributed by atoms with E-state index in [-0.39, 0.29) is 54.9 Å². The van der Waals surface area contributed by atoms with Gasteiger partial charge in [0.2, 0.25) is 5.92 Å². The summed E-state index contributed by atoms with van der Waals surface area (Å²) in [7, 11) is 0. The van der Waals surface area contributed by atoms with Gasteiger partial charge in [0, 0.05) is 49.5 Å². The first-order valence-electron chi connectivity index (χ1n) is 25.1. The molecule has 2 spiro atoms. The maximum atomic E-state index is 14.7. The molecule has 0 radical (unpaired) electrons. The molecule has 5 fully saturated rings. The summed E-state index contributed by atoms with van der Waals surface area (Å²) in [4.78, 5) is 40.4. The highest BCUT2D eigenvalue weighted by Crippen LogP contribution is 2.54. The number of Topliss-reactive ketones (excluding diaryl/α,β-unsaturated/α-hetero) is 1. The van der Waals surface area contributed by atoms with E-state index < -0.39 is 101 Å². The smallest absolute Gasteiger partial charge is 0.315 e. The van der Waals surface area contributed by atoms with Crippen molar-refractivity contribution in [3.05, 3.63) is 12.2 Å². The first-order chi connectivity index (χ1) is 30.5. The predicted molar refractivity (Wildman–Crippen MR) is 240 cm³/mol. The molecule has 5 N–H and O–H groups in total. The number of nitrogens with one attached hydrogen (secondary N) is 2. The number of urea groups is 1. The van der Waals surface area contributed by atoms with Crippen LogP contribution in [0.5, 0.6) is 0 Å². The van der Waals surface area contributed by atoms with Gasteiger partial charge in [0.15, 0.2) is 11.6 Å². The predicted octanol–water partition coefficient (Wildman–Crippen LogP) is 8.32. The number of ether oxygens (including phenoxy) is 5. The van der Waals surface area contributed by atoms with E-state index in [1.165, 1.54) is 0 Å². The lowest BCUT2D eigenvalue weighted by Crippen LogP contribution is -2.66. The van der Waals surface area contributed by atoms with E-state index in [2.05, 4.69) is 24.5 Å². The Balaban J connectivity index is 1.22. The standard InChI is InChI=1S/C50H82F2N2O11/c1-11-35(44(57)58)37-15-14-28(4)42(62-37)32(8)40(55)31(7)41(56)36(12-2)43-29(5)26-30(6)49(63-43)23-18-38(54-45(59)53-27-34-16-21-48(51,52)22-17-34)50(65-49)25-24-46(10,64-50)39-19-20-47(60,13-3)33(9)61-39/h18,23,28-40,42-43,55,60H,11-17,19-22,24-27H2,1-10H3,(H,57,58)(H2,53,54,59)/t28-,29-,30+,31-,32-,33-,35+,36?,37+,38+,39+,40+,42+,43-,46-,47+,49-,50-/m0/s1. The number of alkyl halides is 2. The zero-order valence-electron chi connectivity index (χ0n) is 40.8. The minimum absolute atomic E-state index is 0.0560. The zero-order chi connectivity index (χ0) is 47.9. The van der Waals surface area contributed by atoms with Crippen molar-refractivity contribution < 1.29 is 62.2 Å². The highest BCUT2D eigenvalue weighted by Gasteiger charge is 2.63. The van der Waals surface area contributed by atoms with Crippen LogP contribution < -0.4 is 10.6 Å². The van der Waals surface area contributed by atoms with Crippen molar-refractivity contribution in [1.82, 2.24) is 10.6 Å². The van der Waals surface area contributed by atoms with Crippen molar-refractivity contribution in [3.63, 3.8) is 0 Å². The van der Waals surface area contributed by atoms with Crippen molar-refractivity contribution in [3.8, 4) is 0 Å². The Labute approximate surface area is 386 Å². The molecule has 6 rings (SSSR count). The Morgan fingerprint density at radius 2 is 1.52 bits per heavy atom. The van der Waals surface area contributed by atoms with E-state index in [0.717, 1.165) is 6.42 Å². The SMILES string of the molecule is CCC(C(=O)[C@@H](C)[C@@H](O)[C@H](C)[C@@H]1O[C@@H]([C@@H](CC)C(=O)O)CC[C@@H]1C)[C@H]1O[C@]2(C=C[C@@H](NC(=O)NCC3CCC(F)(F)CC3)[C@]3(CC[C@@](C)([C@H]4CC[C@](O)(CC)[C@H](C)O4)O3)O2)[C@H](C)C[C@@H]1C. The summed E-state index contributed by atoms with van der Waals surface area (Å²) < 4.78 is 62.3. The van der Waals surface area contributed by atoms with E-state index in [1.54, 1.807) is 6.92 Å². The molecule has 65 heavy (non-hydrogen) atoms. The number of halogens is 2. The van der Waals surface area contributed by atoms with Crippen LogP contribution in [-0.2, 0) is 33.3 Å². The van der Waals surface area contributed by atoms with Gasteiger partial charge >= 0.3 is 12.0 Å². The van der Waals surface area contributed by atoms with Gasteiger partial charge in [0.25, 0.3) is 0 Å². The normalized spacial score (nSPS) is 42.2. The molecule has 0 aromatic heterocycles. The third-order valence-electron chi connectivity index (χ3n) is 17.2. The van der Waals surface area contributed by atoms with Crippen molar-refractivity contribution in [1.29, 1.82) is 0 Å². The van der Waals surface area contributed by atoms with Crippen molar-refractivity contribution in [2.24, 2.45) is 47.3 Å². The number of ketones is 1. The van der Waals surface area contributed by atoms with Gasteiger partial charge in [-0.3, -0.25) is 9.59 Å². The van der Waals surface area contributed by atoms with E-state index in [0.29, 0.717) is 70.6 Å². The highest BCUT2D eigenvalue weighted by molar-refractivity contribution is 5.84. The molecular weight excluding hydrogens is 843 g/mol. The van der Waals surface area contributed by atoms with Gasteiger partial charge in [-0.15, -0.1) is 0 Å². The van der Waals surface area contributed by atoms with Gasteiger partial charge < -0.3 is 49.6 Å². The average molecular weight is 925 g/mol. The summed E-state index contributed by atoms with van der Waals surface area (Å²) >= 11 is 0. The summed E-state index contributed by atoms with van der Waals surface area (Å²) in [6.45, 7) is 19.7. The molecule has 4 saturated heterocycles. The van der Waals surface area contributed by atoms with Crippen LogP contribution in [0.2, 0.25) is 0 Å². The van der Waals surface area contributed by atoms with Crippen molar-refractivity contribution in [2.45, 2.75) is 230 Å². The molecule has 2 amide bonds. The molecular formula is C50H82F2N2O11. The number of rotatable bonds is 15. The van der Waals surface area contributed by atoms with Crippen LogP contribution in [0.15, 0.2) is 12.2 Å². The molecule has 1 unspecified atom stereocenters. The molecule has 1 aliphatic carbocycles. The molecule has 5 aliphatic heterocycles. The van der Waals surface area contributed by atoms with E-state index in [9.17, 15) is 38.5 Å². The zero-order valence-corrected chi connectivity index (χ0v) is 40.8. The first kappa shape index (κ1) is 52.1. The average Bonchev–Trinajstić information content (AvgIpc) is 3.60. The molecule has 0 bridgehead atoms. The number of carboxylic acids is 1. The highest BCUT2D eigenvalue weighted by atomic mass is 19.3. The molecule has 1 saturated carbocycles. The Hall–Kier alpha value is -2.27. The van der Waals surface area contributed by atoms with Crippen LogP contribution in [0, 0.1) is 47.3 Å². The van der Waals surface area contributed by atoms with E-state index in [4.69, 9.17) is 23.7 Å². The minimum Gasteiger partial charge on any atom is -0.481 e. The minimum atomic E-state index is -2.66.